The van der Waals surface area contributed by atoms with Gasteiger partial charge in [-0.25, -0.2) is 0 Å². The van der Waals surface area contributed by atoms with Crippen LogP contribution in [-0.4, -0.2) is 34.2 Å². The average Bonchev–Trinajstić information content (AvgIpc) is 2.44. The van der Waals surface area contributed by atoms with Gasteiger partial charge in [-0.2, -0.15) is 5.10 Å². The van der Waals surface area contributed by atoms with Crippen molar-refractivity contribution in [2.45, 2.75) is 13.8 Å². The summed E-state index contributed by atoms with van der Waals surface area (Å²) in [6.07, 6.45) is 1.50. The molecular formula is C10H18N4O. The van der Waals surface area contributed by atoms with Gasteiger partial charge < -0.3 is 10.6 Å². The Balaban J connectivity index is 2.85. The van der Waals surface area contributed by atoms with E-state index in [-0.39, 0.29) is 5.91 Å². The number of rotatable bonds is 3. The predicted octanol–water partition coefficient (Wildman–Crippen LogP) is 0.730. The molecule has 1 aromatic rings. The van der Waals surface area contributed by atoms with Crippen LogP contribution in [0.15, 0.2) is 6.20 Å². The van der Waals surface area contributed by atoms with E-state index >= 15 is 0 Å². The first-order chi connectivity index (χ1) is 6.93. The minimum absolute atomic E-state index is 0.0822. The summed E-state index contributed by atoms with van der Waals surface area (Å²) in [7, 11) is 3.49. The van der Waals surface area contributed by atoms with Crippen molar-refractivity contribution < 1.29 is 4.79 Å². The van der Waals surface area contributed by atoms with Crippen LogP contribution >= 0.6 is 0 Å². The van der Waals surface area contributed by atoms with Gasteiger partial charge in [-0.15, -0.1) is 0 Å². The molecule has 1 amide bonds. The van der Waals surface area contributed by atoms with Crippen LogP contribution in [0.2, 0.25) is 0 Å². The number of aryl methyl sites for hydroxylation is 1. The summed E-state index contributed by atoms with van der Waals surface area (Å²) in [5.41, 5.74) is 6.57. The van der Waals surface area contributed by atoms with Gasteiger partial charge in [0.05, 0.1) is 11.9 Å². The van der Waals surface area contributed by atoms with E-state index in [4.69, 9.17) is 5.73 Å². The van der Waals surface area contributed by atoms with Crippen molar-refractivity contribution in [1.82, 2.24) is 14.7 Å². The lowest BCUT2D eigenvalue weighted by atomic mass is 10.2. The minimum Gasteiger partial charge on any atom is -0.396 e. The van der Waals surface area contributed by atoms with Crippen molar-refractivity contribution in [2.24, 2.45) is 13.0 Å². The molecule has 0 bridgehead atoms. The quantitative estimate of drug-likeness (QED) is 0.800. The lowest BCUT2D eigenvalue weighted by molar-refractivity contribution is 0.0769. The smallest absolute Gasteiger partial charge is 0.274 e. The van der Waals surface area contributed by atoms with Crippen LogP contribution in [0.5, 0.6) is 0 Å². The van der Waals surface area contributed by atoms with Gasteiger partial charge in [0.2, 0.25) is 0 Å². The second kappa shape index (κ2) is 4.33. The number of aromatic nitrogens is 2. The highest BCUT2D eigenvalue weighted by molar-refractivity contribution is 5.97. The SMILES string of the molecule is CC(C)CN(C)C(=O)c1c(N)cnn1C. The Morgan fingerprint density at radius 2 is 2.27 bits per heavy atom. The molecule has 0 atom stereocenters. The zero-order valence-corrected chi connectivity index (χ0v) is 9.69. The van der Waals surface area contributed by atoms with Gasteiger partial charge in [0, 0.05) is 20.6 Å². The number of hydrogen-bond donors (Lipinski definition) is 1. The molecule has 0 radical (unpaired) electrons. The van der Waals surface area contributed by atoms with E-state index in [2.05, 4.69) is 18.9 Å². The Hall–Kier alpha value is -1.52. The van der Waals surface area contributed by atoms with E-state index in [1.54, 1.807) is 19.0 Å². The number of anilines is 1. The van der Waals surface area contributed by atoms with Gasteiger partial charge in [-0.3, -0.25) is 9.48 Å². The largest absolute Gasteiger partial charge is 0.396 e. The molecule has 0 spiro atoms. The third-order valence-corrected chi connectivity index (χ3v) is 2.16. The van der Waals surface area contributed by atoms with Crippen molar-refractivity contribution in [3.63, 3.8) is 0 Å². The molecule has 0 saturated carbocycles. The summed E-state index contributed by atoms with van der Waals surface area (Å²) >= 11 is 0. The first-order valence-corrected chi connectivity index (χ1v) is 4.96. The third kappa shape index (κ3) is 2.49. The van der Waals surface area contributed by atoms with E-state index in [0.29, 0.717) is 23.8 Å². The monoisotopic (exact) mass is 210 g/mol. The van der Waals surface area contributed by atoms with Gasteiger partial charge in [-0.05, 0) is 5.92 Å². The molecule has 1 rings (SSSR count). The molecule has 0 saturated heterocycles. The average molecular weight is 210 g/mol. The van der Waals surface area contributed by atoms with Crippen LogP contribution < -0.4 is 5.73 Å². The molecule has 0 fully saturated rings. The van der Waals surface area contributed by atoms with Crippen LogP contribution in [0.1, 0.15) is 24.3 Å². The van der Waals surface area contributed by atoms with Gasteiger partial charge in [0.25, 0.3) is 5.91 Å². The Morgan fingerprint density at radius 3 is 2.67 bits per heavy atom. The molecule has 2 N–H and O–H groups in total. The highest BCUT2D eigenvalue weighted by Crippen LogP contribution is 2.12. The molecule has 1 aromatic heterocycles. The number of nitrogen functional groups attached to an aromatic ring is 1. The second-order valence-corrected chi connectivity index (χ2v) is 4.15. The molecular weight excluding hydrogens is 192 g/mol. The van der Waals surface area contributed by atoms with Crippen molar-refractivity contribution in [3.05, 3.63) is 11.9 Å². The summed E-state index contributed by atoms with van der Waals surface area (Å²) in [6.45, 7) is 4.84. The number of carbonyl (C=O) groups is 1. The van der Waals surface area contributed by atoms with Crippen molar-refractivity contribution >= 4 is 11.6 Å². The van der Waals surface area contributed by atoms with Crippen LogP contribution in [0, 0.1) is 5.92 Å². The van der Waals surface area contributed by atoms with Gasteiger partial charge >= 0.3 is 0 Å². The lowest BCUT2D eigenvalue weighted by Crippen LogP contribution is -2.32. The summed E-state index contributed by atoms with van der Waals surface area (Å²) in [6, 6.07) is 0. The van der Waals surface area contributed by atoms with E-state index in [0.717, 1.165) is 0 Å². The highest BCUT2D eigenvalue weighted by atomic mass is 16.2. The van der Waals surface area contributed by atoms with E-state index in [1.807, 2.05) is 0 Å². The fourth-order valence-electron chi connectivity index (χ4n) is 1.53. The maximum Gasteiger partial charge on any atom is 0.274 e. The molecule has 5 heteroatoms. The maximum absolute atomic E-state index is 12.0. The van der Waals surface area contributed by atoms with E-state index in [1.165, 1.54) is 10.9 Å². The highest BCUT2D eigenvalue weighted by Gasteiger charge is 2.19. The summed E-state index contributed by atoms with van der Waals surface area (Å²) < 4.78 is 1.51. The zero-order chi connectivity index (χ0) is 11.6. The summed E-state index contributed by atoms with van der Waals surface area (Å²) in [5, 5.41) is 3.94. The Labute approximate surface area is 89.9 Å². The molecule has 0 aliphatic carbocycles. The van der Waals surface area contributed by atoms with Crippen LogP contribution in [0.25, 0.3) is 0 Å². The topological polar surface area (TPSA) is 64.2 Å². The van der Waals surface area contributed by atoms with Crippen LogP contribution in [0.3, 0.4) is 0 Å². The Bertz CT molecular complexity index is 337. The van der Waals surface area contributed by atoms with Crippen LogP contribution in [-0.2, 0) is 7.05 Å². The standard InChI is InChI=1S/C10H18N4O/c1-7(2)6-13(3)10(15)9-8(11)5-12-14(9)4/h5,7H,6,11H2,1-4H3. The second-order valence-electron chi connectivity index (χ2n) is 4.15. The fourth-order valence-corrected chi connectivity index (χ4v) is 1.53. The zero-order valence-electron chi connectivity index (χ0n) is 9.69. The fraction of sp³-hybridized carbons (Fsp3) is 0.600. The molecule has 84 valence electrons. The Kier molecular flexibility index (Phi) is 3.34. The first kappa shape index (κ1) is 11.6. The summed E-state index contributed by atoms with van der Waals surface area (Å²) in [4.78, 5) is 13.6. The van der Waals surface area contributed by atoms with Gasteiger partial charge in [-0.1, -0.05) is 13.8 Å². The van der Waals surface area contributed by atoms with Gasteiger partial charge in [0.1, 0.15) is 5.69 Å². The normalized spacial score (nSPS) is 10.7. The number of amides is 1. The number of nitrogens with zero attached hydrogens (tertiary/aromatic N) is 3. The molecule has 15 heavy (non-hydrogen) atoms. The molecule has 1 heterocycles. The number of carbonyl (C=O) groups excluding carboxylic acids is 1. The van der Waals surface area contributed by atoms with E-state index < -0.39 is 0 Å². The molecule has 0 aliphatic heterocycles. The van der Waals surface area contributed by atoms with Crippen molar-refractivity contribution in [3.8, 4) is 0 Å². The predicted molar refractivity (Wildman–Crippen MR) is 59.4 cm³/mol. The Morgan fingerprint density at radius 1 is 1.67 bits per heavy atom. The molecule has 0 unspecified atom stereocenters. The first-order valence-electron chi connectivity index (χ1n) is 4.96. The minimum atomic E-state index is -0.0822. The number of hydrogen-bond acceptors (Lipinski definition) is 3. The summed E-state index contributed by atoms with van der Waals surface area (Å²) in [5.74, 6) is 0.356. The van der Waals surface area contributed by atoms with Crippen molar-refractivity contribution in [1.29, 1.82) is 0 Å². The molecule has 5 nitrogen and oxygen atoms in total. The third-order valence-electron chi connectivity index (χ3n) is 2.16. The lowest BCUT2D eigenvalue weighted by Gasteiger charge is -2.19. The van der Waals surface area contributed by atoms with Crippen LogP contribution in [0.4, 0.5) is 5.69 Å². The van der Waals surface area contributed by atoms with Gasteiger partial charge in [0.15, 0.2) is 0 Å². The molecule has 0 aliphatic rings. The number of nitrogens with two attached hydrogens (primary N) is 1. The maximum atomic E-state index is 12.0. The van der Waals surface area contributed by atoms with E-state index in [9.17, 15) is 4.79 Å². The van der Waals surface area contributed by atoms with Crippen molar-refractivity contribution in [2.75, 3.05) is 19.3 Å². The molecule has 0 aromatic carbocycles.